The fourth-order valence-electron chi connectivity index (χ4n) is 2.52. The van der Waals surface area contributed by atoms with Crippen LogP contribution in [0.1, 0.15) is 32.1 Å². The lowest BCUT2D eigenvalue weighted by atomic mass is 9.95. The van der Waals surface area contributed by atoms with Crippen molar-refractivity contribution in [2.45, 2.75) is 38.1 Å². The molecule has 0 atom stereocenters. The van der Waals surface area contributed by atoms with Crippen molar-refractivity contribution in [3.63, 3.8) is 0 Å². The summed E-state index contributed by atoms with van der Waals surface area (Å²) in [6.45, 7) is 0. The number of benzene rings is 1. The van der Waals surface area contributed by atoms with Crippen molar-refractivity contribution >= 4 is 11.7 Å². The number of rotatable bonds is 2. The van der Waals surface area contributed by atoms with Crippen molar-refractivity contribution in [2.24, 2.45) is 0 Å². The lowest BCUT2D eigenvalue weighted by Crippen LogP contribution is -2.40. The highest BCUT2D eigenvalue weighted by Gasteiger charge is 2.22. The lowest BCUT2D eigenvalue weighted by molar-refractivity contribution is 0.186. The summed E-state index contributed by atoms with van der Waals surface area (Å²) in [5.41, 5.74) is 0.241. The van der Waals surface area contributed by atoms with Crippen LogP contribution >= 0.6 is 0 Å². The van der Waals surface area contributed by atoms with Crippen molar-refractivity contribution in [1.29, 1.82) is 0 Å². The SMILES string of the molecule is CN(C(=O)Nc1cc(O)c(O)c(O)c1)C1CCCCC1. The maximum atomic E-state index is 12.1. The average Bonchev–Trinajstić information content (AvgIpc) is 2.44. The number of nitrogens with one attached hydrogen (secondary N) is 1. The molecule has 1 aliphatic rings. The van der Waals surface area contributed by atoms with Crippen LogP contribution in [0, 0.1) is 0 Å². The van der Waals surface area contributed by atoms with Crippen molar-refractivity contribution in [3.05, 3.63) is 12.1 Å². The molecular weight excluding hydrogens is 260 g/mol. The number of hydrogen-bond acceptors (Lipinski definition) is 4. The van der Waals surface area contributed by atoms with E-state index in [-0.39, 0.29) is 17.8 Å². The van der Waals surface area contributed by atoms with Crippen LogP contribution in [0.2, 0.25) is 0 Å². The topological polar surface area (TPSA) is 93.0 Å². The van der Waals surface area contributed by atoms with Crippen LogP contribution in [0.4, 0.5) is 10.5 Å². The normalized spacial score (nSPS) is 15.8. The van der Waals surface area contributed by atoms with E-state index in [1.165, 1.54) is 18.6 Å². The maximum Gasteiger partial charge on any atom is 0.321 e. The van der Waals surface area contributed by atoms with E-state index in [0.717, 1.165) is 25.7 Å². The number of nitrogens with zero attached hydrogens (tertiary/aromatic N) is 1. The first-order valence-electron chi connectivity index (χ1n) is 6.78. The first-order valence-corrected chi connectivity index (χ1v) is 6.78. The number of phenols is 3. The van der Waals surface area contributed by atoms with Gasteiger partial charge in [-0.1, -0.05) is 19.3 Å². The van der Waals surface area contributed by atoms with Gasteiger partial charge < -0.3 is 25.5 Å². The number of hydrogen-bond donors (Lipinski definition) is 4. The number of urea groups is 1. The van der Waals surface area contributed by atoms with Gasteiger partial charge in [-0.15, -0.1) is 0 Å². The highest BCUT2D eigenvalue weighted by atomic mass is 16.3. The first kappa shape index (κ1) is 14.3. The predicted octanol–water partition coefficient (Wildman–Crippen LogP) is 2.60. The summed E-state index contributed by atoms with van der Waals surface area (Å²) in [6, 6.07) is 2.33. The zero-order chi connectivity index (χ0) is 14.7. The summed E-state index contributed by atoms with van der Waals surface area (Å²) < 4.78 is 0. The van der Waals surface area contributed by atoms with Gasteiger partial charge in [0.15, 0.2) is 17.2 Å². The largest absolute Gasteiger partial charge is 0.504 e. The molecule has 2 amide bonds. The summed E-state index contributed by atoms with van der Waals surface area (Å²) in [7, 11) is 1.74. The summed E-state index contributed by atoms with van der Waals surface area (Å²) in [5.74, 6) is -1.54. The summed E-state index contributed by atoms with van der Waals surface area (Å²) in [4.78, 5) is 13.8. The van der Waals surface area contributed by atoms with E-state index in [1.807, 2.05) is 0 Å². The molecule has 1 aromatic rings. The molecule has 2 rings (SSSR count). The van der Waals surface area contributed by atoms with Gasteiger partial charge >= 0.3 is 6.03 Å². The van der Waals surface area contributed by atoms with Crippen molar-refractivity contribution in [3.8, 4) is 17.2 Å². The molecule has 1 aliphatic carbocycles. The molecule has 20 heavy (non-hydrogen) atoms. The Labute approximate surface area is 117 Å². The number of carbonyl (C=O) groups excluding carboxylic acids is 1. The van der Waals surface area contributed by atoms with Crippen LogP contribution in [0.25, 0.3) is 0 Å². The average molecular weight is 280 g/mol. The molecule has 0 heterocycles. The van der Waals surface area contributed by atoms with E-state index in [4.69, 9.17) is 0 Å². The molecule has 0 unspecified atom stereocenters. The zero-order valence-corrected chi connectivity index (χ0v) is 11.5. The van der Waals surface area contributed by atoms with Crippen LogP contribution in [-0.4, -0.2) is 39.3 Å². The van der Waals surface area contributed by atoms with Crippen LogP contribution < -0.4 is 5.32 Å². The Morgan fingerprint density at radius 1 is 1.15 bits per heavy atom. The minimum absolute atomic E-state index is 0.225. The Morgan fingerprint density at radius 3 is 2.25 bits per heavy atom. The minimum atomic E-state index is -0.594. The third kappa shape index (κ3) is 3.07. The van der Waals surface area contributed by atoms with Gasteiger partial charge in [0.05, 0.1) is 5.69 Å². The van der Waals surface area contributed by atoms with Gasteiger partial charge in [-0.25, -0.2) is 4.79 Å². The van der Waals surface area contributed by atoms with Gasteiger partial charge in [-0.05, 0) is 12.8 Å². The minimum Gasteiger partial charge on any atom is -0.504 e. The Morgan fingerprint density at radius 2 is 1.70 bits per heavy atom. The first-order chi connectivity index (χ1) is 9.49. The van der Waals surface area contributed by atoms with E-state index >= 15 is 0 Å². The molecule has 1 fully saturated rings. The highest BCUT2D eigenvalue weighted by Crippen LogP contribution is 2.37. The van der Waals surface area contributed by atoms with E-state index < -0.39 is 17.2 Å². The summed E-state index contributed by atoms with van der Waals surface area (Å²) in [6.07, 6.45) is 5.46. The lowest BCUT2D eigenvalue weighted by Gasteiger charge is -2.31. The molecule has 0 saturated heterocycles. The van der Waals surface area contributed by atoms with Crippen molar-refractivity contribution in [1.82, 2.24) is 4.90 Å². The van der Waals surface area contributed by atoms with Gasteiger partial charge in [0.2, 0.25) is 0 Å². The Balaban J connectivity index is 2.03. The molecule has 0 bridgehead atoms. The van der Waals surface area contributed by atoms with E-state index in [1.54, 1.807) is 11.9 Å². The van der Waals surface area contributed by atoms with Crippen LogP contribution in [0.3, 0.4) is 0 Å². The van der Waals surface area contributed by atoms with E-state index in [0.29, 0.717) is 0 Å². The molecule has 0 radical (unpaired) electrons. The standard InChI is InChI=1S/C14H20N2O4/c1-16(10-5-3-2-4-6-10)14(20)15-9-7-11(17)13(19)12(18)8-9/h7-8,10,17-19H,2-6H2,1H3,(H,15,20). The molecule has 0 aromatic heterocycles. The fourth-order valence-corrected chi connectivity index (χ4v) is 2.52. The molecule has 0 aliphatic heterocycles. The van der Waals surface area contributed by atoms with E-state index in [9.17, 15) is 20.1 Å². The number of carbonyl (C=O) groups is 1. The predicted molar refractivity (Wildman–Crippen MR) is 75.1 cm³/mol. The molecule has 1 saturated carbocycles. The molecule has 1 aromatic carbocycles. The molecule has 0 spiro atoms. The Kier molecular flexibility index (Phi) is 4.22. The van der Waals surface area contributed by atoms with Crippen molar-refractivity contribution < 1.29 is 20.1 Å². The summed E-state index contributed by atoms with van der Waals surface area (Å²) >= 11 is 0. The number of aromatic hydroxyl groups is 3. The van der Waals surface area contributed by atoms with E-state index in [2.05, 4.69) is 5.32 Å². The Bertz CT molecular complexity index is 475. The molecule has 110 valence electrons. The fraction of sp³-hybridized carbons (Fsp3) is 0.500. The molecule has 6 heteroatoms. The van der Waals surface area contributed by atoms with Gasteiger partial charge in [0.25, 0.3) is 0 Å². The summed E-state index contributed by atoms with van der Waals surface area (Å²) in [5, 5.41) is 30.7. The van der Waals surface area contributed by atoms with Crippen LogP contribution in [0.5, 0.6) is 17.2 Å². The number of anilines is 1. The van der Waals surface area contributed by atoms with Gasteiger partial charge in [0.1, 0.15) is 0 Å². The van der Waals surface area contributed by atoms with Gasteiger partial charge in [-0.3, -0.25) is 0 Å². The van der Waals surface area contributed by atoms with Crippen molar-refractivity contribution in [2.75, 3.05) is 12.4 Å². The van der Waals surface area contributed by atoms with Gasteiger partial charge in [-0.2, -0.15) is 0 Å². The molecular formula is C14H20N2O4. The second kappa shape index (κ2) is 5.90. The zero-order valence-electron chi connectivity index (χ0n) is 11.5. The second-order valence-corrected chi connectivity index (χ2v) is 5.20. The van der Waals surface area contributed by atoms with Crippen LogP contribution in [0.15, 0.2) is 12.1 Å². The Hall–Kier alpha value is -2.11. The second-order valence-electron chi connectivity index (χ2n) is 5.20. The maximum absolute atomic E-state index is 12.1. The van der Waals surface area contributed by atoms with Gasteiger partial charge in [0, 0.05) is 25.2 Å². The number of amides is 2. The molecule has 6 nitrogen and oxygen atoms in total. The third-order valence-electron chi connectivity index (χ3n) is 3.76. The monoisotopic (exact) mass is 280 g/mol. The molecule has 4 N–H and O–H groups in total. The smallest absolute Gasteiger partial charge is 0.321 e. The van der Waals surface area contributed by atoms with Crippen LogP contribution in [-0.2, 0) is 0 Å². The quantitative estimate of drug-likeness (QED) is 0.495. The number of phenolic OH excluding ortho intramolecular Hbond substituents is 3. The highest BCUT2D eigenvalue weighted by molar-refractivity contribution is 5.90. The third-order valence-corrected chi connectivity index (χ3v) is 3.76.